The summed E-state index contributed by atoms with van der Waals surface area (Å²) in [5.41, 5.74) is 1.14. The predicted octanol–water partition coefficient (Wildman–Crippen LogP) is 0.934. The molecule has 0 aromatic rings. The molecule has 0 saturated heterocycles. The summed E-state index contributed by atoms with van der Waals surface area (Å²) in [6, 6.07) is 0. The fourth-order valence-corrected chi connectivity index (χ4v) is 1.40. The monoisotopic (exact) mass is 156 g/mol. The smallest absolute Gasteiger partial charge is 0.331 e. The molecular formula is C8H12O3. The number of carboxylic acids is 1. The lowest BCUT2D eigenvalue weighted by molar-refractivity contribution is -0.133. The van der Waals surface area contributed by atoms with Crippen molar-refractivity contribution < 1.29 is 15.0 Å². The SMILES string of the molecule is O=C(O)C1=C(CO)CCCC1. The Morgan fingerprint density at radius 2 is 2.00 bits per heavy atom. The second-order valence-electron chi connectivity index (χ2n) is 2.75. The molecule has 3 heteroatoms. The van der Waals surface area contributed by atoms with Crippen LogP contribution in [0.1, 0.15) is 25.7 Å². The van der Waals surface area contributed by atoms with Gasteiger partial charge in [-0.2, -0.15) is 0 Å². The molecule has 0 aromatic heterocycles. The van der Waals surface area contributed by atoms with Crippen molar-refractivity contribution in [3.63, 3.8) is 0 Å². The zero-order valence-electron chi connectivity index (χ0n) is 6.34. The van der Waals surface area contributed by atoms with Crippen LogP contribution in [0.5, 0.6) is 0 Å². The van der Waals surface area contributed by atoms with E-state index >= 15 is 0 Å². The van der Waals surface area contributed by atoms with E-state index in [-0.39, 0.29) is 6.61 Å². The molecule has 11 heavy (non-hydrogen) atoms. The first-order chi connectivity index (χ1) is 5.25. The van der Waals surface area contributed by atoms with E-state index in [0.29, 0.717) is 17.6 Å². The predicted molar refractivity (Wildman–Crippen MR) is 40.2 cm³/mol. The second kappa shape index (κ2) is 3.53. The fraction of sp³-hybridized carbons (Fsp3) is 0.625. The van der Waals surface area contributed by atoms with Crippen LogP contribution in [0, 0.1) is 0 Å². The van der Waals surface area contributed by atoms with Gasteiger partial charge in [-0.15, -0.1) is 0 Å². The van der Waals surface area contributed by atoms with Crippen LogP contribution in [0.3, 0.4) is 0 Å². The van der Waals surface area contributed by atoms with Crippen molar-refractivity contribution in [1.82, 2.24) is 0 Å². The van der Waals surface area contributed by atoms with Crippen LogP contribution in [0.2, 0.25) is 0 Å². The Hall–Kier alpha value is -0.830. The molecule has 0 saturated carbocycles. The van der Waals surface area contributed by atoms with Gasteiger partial charge in [0.2, 0.25) is 0 Å². The van der Waals surface area contributed by atoms with Gasteiger partial charge in [0.15, 0.2) is 0 Å². The van der Waals surface area contributed by atoms with E-state index in [1.807, 2.05) is 0 Å². The molecule has 0 amide bonds. The van der Waals surface area contributed by atoms with Gasteiger partial charge < -0.3 is 10.2 Å². The lowest BCUT2D eigenvalue weighted by Crippen LogP contribution is -2.11. The Morgan fingerprint density at radius 1 is 1.36 bits per heavy atom. The zero-order valence-corrected chi connectivity index (χ0v) is 6.34. The molecule has 0 aromatic carbocycles. The first kappa shape index (κ1) is 8.27. The lowest BCUT2D eigenvalue weighted by Gasteiger charge is -2.15. The van der Waals surface area contributed by atoms with E-state index in [2.05, 4.69) is 0 Å². The van der Waals surface area contributed by atoms with Crippen molar-refractivity contribution >= 4 is 5.97 Å². The summed E-state index contributed by atoms with van der Waals surface area (Å²) in [5, 5.41) is 17.5. The molecule has 0 radical (unpaired) electrons. The Bertz CT molecular complexity index is 194. The topological polar surface area (TPSA) is 57.5 Å². The lowest BCUT2D eigenvalue weighted by atomic mass is 9.92. The molecule has 1 rings (SSSR count). The minimum absolute atomic E-state index is 0.0956. The summed E-state index contributed by atoms with van der Waals surface area (Å²) >= 11 is 0. The average Bonchev–Trinajstić information content (AvgIpc) is 2.04. The van der Waals surface area contributed by atoms with Crippen molar-refractivity contribution in [3.8, 4) is 0 Å². The van der Waals surface area contributed by atoms with E-state index in [1.165, 1.54) is 0 Å². The van der Waals surface area contributed by atoms with Gasteiger partial charge >= 0.3 is 5.97 Å². The zero-order chi connectivity index (χ0) is 8.27. The maximum atomic E-state index is 10.6. The molecule has 62 valence electrons. The van der Waals surface area contributed by atoms with Crippen LogP contribution in [-0.4, -0.2) is 22.8 Å². The summed E-state index contributed by atoms with van der Waals surface area (Å²) in [6.45, 7) is -0.0956. The maximum absolute atomic E-state index is 10.6. The number of aliphatic carboxylic acids is 1. The average molecular weight is 156 g/mol. The van der Waals surface area contributed by atoms with Gasteiger partial charge in [-0.05, 0) is 31.3 Å². The number of hydrogen-bond acceptors (Lipinski definition) is 2. The number of aliphatic hydroxyl groups excluding tert-OH is 1. The molecule has 0 heterocycles. The molecule has 0 bridgehead atoms. The molecule has 1 aliphatic carbocycles. The van der Waals surface area contributed by atoms with Crippen molar-refractivity contribution in [2.45, 2.75) is 25.7 Å². The molecule has 1 aliphatic rings. The largest absolute Gasteiger partial charge is 0.478 e. The molecule has 0 spiro atoms. The van der Waals surface area contributed by atoms with Crippen LogP contribution in [0.4, 0.5) is 0 Å². The van der Waals surface area contributed by atoms with Gasteiger partial charge in [0.25, 0.3) is 0 Å². The first-order valence-corrected chi connectivity index (χ1v) is 3.80. The van der Waals surface area contributed by atoms with E-state index in [0.717, 1.165) is 19.3 Å². The Kier molecular flexibility index (Phi) is 2.65. The fourth-order valence-electron chi connectivity index (χ4n) is 1.40. The van der Waals surface area contributed by atoms with Crippen LogP contribution in [0.15, 0.2) is 11.1 Å². The molecule has 0 unspecified atom stereocenters. The quantitative estimate of drug-likeness (QED) is 0.625. The third-order valence-corrected chi connectivity index (χ3v) is 2.03. The van der Waals surface area contributed by atoms with E-state index in [4.69, 9.17) is 10.2 Å². The number of carboxylic acid groups (broad SMARTS) is 1. The van der Waals surface area contributed by atoms with E-state index < -0.39 is 5.97 Å². The van der Waals surface area contributed by atoms with E-state index in [1.54, 1.807) is 0 Å². The van der Waals surface area contributed by atoms with Gasteiger partial charge in [0, 0.05) is 5.57 Å². The molecule has 0 fully saturated rings. The van der Waals surface area contributed by atoms with Crippen molar-refractivity contribution in [2.24, 2.45) is 0 Å². The van der Waals surface area contributed by atoms with Crippen LogP contribution in [-0.2, 0) is 4.79 Å². The highest BCUT2D eigenvalue weighted by Gasteiger charge is 2.16. The first-order valence-electron chi connectivity index (χ1n) is 3.80. The number of aliphatic hydroxyl groups is 1. The minimum atomic E-state index is -0.867. The summed E-state index contributed by atoms with van der Waals surface area (Å²) in [6.07, 6.45) is 3.31. The third-order valence-electron chi connectivity index (χ3n) is 2.03. The highest BCUT2D eigenvalue weighted by Crippen LogP contribution is 2.24. The highest BCUT2D eigenvalue weighted by atomic mass is 16.4. The van der Waals surface area contributed by atoms with Gasteiger partial charge in [-0.25, -0.2) is 4.79 Å². The maximum Gasteiger partial charge on any atom is 0.331 e. The van der Waals surface area contributed by atoms with Gasteiger partial charge in [-0.1, -0.05) is 0 Å². The standard InChI is InChI=1S/C8H12O3/c9-5-6-3-1-2-4-7(6)8(10)11/h9H,1-5H2,(H,10,11). The molecule has 0 atom stereocenters. The number of hydrogen-bond donors (Lipinski definition) is 2. The third kappa shape index (κ3) is 1.80. The van der Waals surface area contributed by atoms with E-state index in [9.17, 15) is 4.79 Å². The highest BCUT2D eigenvalue weighted by molar-refractivity contribution is 5.87. The summed E-state index contributed by atoms with van der Waals surface area (Å²) in [5.74, 6) is -0.867. The molecule has 2 N–H and O–H groups in total. The number of carbonyl (C=O) groups is 1. The molecular weight excluding hydrogens is 144 g/mol. The van der Waals surface area contributed by atoms with Crippen molar-refractivity contribution in [1.29, 1.82) is 0 Å². The normalized spacial score (nSPS) is 18.6. The van der Waals surface area contributed by atoms with Crippen LogP contribution < -0.4 is 0 Å². The van der Waals surface area contributed by atoms with Gasteiger partial charge in [-0.3, -0.25) is 0 Å². The summed E-state index contributed by atoms with van der Waals surface area (Å²) in [4.78, 5) is 10.6. The summed E-state index contributed by atoms with van der Waals surface area (Å²) < 4.78 is 0. The molecule has 0 aliphatic heterocycles. The Balaban J connectivity index is 2.81. The van der Waals surface area contributed by atoms with Crippen LogP contribution in [0.25, 0.3) is 0 Å². The summed E-state index contributed by atoms with van der Waals surface area (Å²) in [7, 11) is 0. The Morgan fingerprint density at radius 3 is 2.45 bits per heavy atom. The Labute approximate surface area is 65.3 Å². The van der Waals surface area contributed by atoms with Crippen LogP contribution >= 0.6 is 0 Å². The van der Waals surface area contributed by atoms with Crippen molar-refractivity contribution in [3.05, 3.63) is 11.1 Å². The van der Waals surface area contributed by atoms with Crippen molar-refractivity contribution in [2.75, 3.05) is 6.61 Å². The number of rotatable bonds is 2. The molecule has 3 nitrogen and oxygen atoms in total. The van der Waals surface area contributed by atoms with Gasteiger partial charge in [0.05, 0.1) is 6.61 Å². The second-order valence-corrected chi connectivity index (χ2v) is 2.75. The minimum Gasteiger partial charge on any atom is -0.478 e. The van der Waals surface area contributed by atoms with Gasteiger partial charge in [0.1, 0.15) is 0 Å².